The lowest BCUT2D eigenvalue weighted by Gasteiger charge is -2.25. The van der Waals surface area contributed by atoms with Crippen LogP contribution in [0.5, 0.6) is 0 Å². The smallest absolute Gasteiger partial charge is 0.334 e. The van der Waals surface area contributed by atoms with Crippen molar-refractivity contribution in [3.63, 3.8) is 0 Å². The first-order valence-electron chi connectivity index (χ1n) is 6.06. The SMILES string of the molecule is O=C(O)[C@@H](O)CNC(=O)[C@H]1Cc2ccccc2CN1. The van der Waals surface area contributed by atoms with E-state index in [-0.39, 0.29) is 12.5 Å². The minimum atomic E-state index is -1.57. The second kappa shape index (κ2) is 5.81. The number of carbonyl (C=O) groups is 2. The Balaban J connectivity index is 1.90. The Labute approximate surface area is 110 Å². The number of amides is 1. The van der Waals surface area contributed by atoms with Gasteiger partial charge >= 0.3 is 5.97 Å². The summed E-state index contributed by atoms with van der Waals surface area (Å²) in [7, 11) is 0. The zero-order valence-electron chi connectivity index (χ0n) is 10.3. The lowest BCUT2D eigenvalue weighted by molar-refractivity contribution is -0.146. The molecule has 2 atom stereocenters. The summed E-state index contributed by atoms with van der Waals surface area (Å²) < 4.78 is 0. The first-order chi connectivity index (χ1) is 9.08. The van der Waals surface area contributed by atoms with Crippen molar-refractivity contribution >= 4 is 11.9 Å². The average molecular weight is 264 g/mol. The zero-order valence-corrected chi connectivity index (χ0v) is 10.3. The van der Waals surface area contributed by atoms with Crippen molar-refractivity contribution in [2.75, 3.05) is 6.54 Å². The lowest BCUT2D eigenvalue weighted by atomic mass is 9.95. The van der Waals surface area contributed by atoms with E-state index in [4.69, 9.17) is 10.2 Å². The standard InChI is InChI=1S/C13H16N2O4/c16-11(13(18)19)7-15-12(17)10-5-8-3-1-2-4-9(8)6-14-10/h1-4,10-11,14,16H,5-7H2,(H,15,17)(H,18,19)/t10-,11+/m1/s1. The summed E-state index contributed by atoms with van der Waals surface area (Å²) in [6.07, 6.45) is -1.01. The largest absolute Gasteiger partial charge is 0.479 e. The maximum atomic E-state index is 11.9. The summed E-state index contributed by atoms with van der Waals surface area (Å²) in [5.74, 6) is -1.64. The second-order valence-corrected chi connectivity index (χ2v) is 4.51. The highest BCUT2D eigenvalue weighted by molar-refractivity contribution is 5.83. The van der Waals surface area contributed by atoms with Crippen molar-refractivity contribution in [2.45, 2.75) is 25.1 Å². The molecule has 102 valence electrons. The van der Waals surface area contributed by atoms with E-state index < -0.39 is 18.1 Å². The zero-order chi connectivity index (χ0) is 13.8. The van der Waals surface area contributed by atoms with Gasteiger partial charge in [-0.1, -0.05) is 24.3 Å². The van der Waals surface area contributed by atoms with Crippen molar-refractivity contribution in [2.24, 2.45) is 0 Å². The molecule has 1 aromatic rings. The number of rotatable bonds is 4. The highest BCUT2D eigenvalue weighted by atomic mass is 16.4. The van der Waals surface area contributed by atoms with Crippen LogP contribution in [-0.4, -0.2) is 40.8 Å². The number of carbonyl (C=O) groups excluding carboxylic acids is 1. The van der Waals surface area contributed by atoms with E-state index in [1.54, 1.807) is 0 Å². The number of carboxylic acids is 1. The molecular weight excluding hydrogens is 248 g/mol. The monoisotopic (exact) mass is 264 g/mol. The third kappa shape index (κ3) is 3.30. The minimum absolute atomic E-state index is 0.284. The van der Waals surface area contributed by atoms with E-state index in [0.29, 0.717) is 13.0 Å². The number of benzene rings is 1. The first-order valence-corrected chi connectivity index (χ1v) is 6.06. The molecule has 0 bridgehead atoms. The molecule has 0 radical (unpaired) electrons. The van der Waals surface area contributed by atoms with Crippen LogP contribution in [-0.2, 0) is 22.6 Å². The van der Waals surface area contributed by atoms with Gasteiger partial charge in [-0.2, -0.15) is 0 Å². The molecule has 1 aromatic carbocycles. The lowest BCUT2D eigenvalue weighted by Crippen LogP contribution is -2.49. The topological polar surface area (TPSA) is 98.7 Å². The summed E-state index contributed by atoms with van der Waals surface area (Å²) in [6.45, 7) is 0.323. The highest BCUT2D eigenvalue weighted by Crippen LogP contribution is 2.16. The van der Waals surface area contributed by atoms with Crippen molar-refractivity contribution < 1.29 is 19.8 Å². The molecule has 0 spiro atoms. The van der Waals surface area contributed by atoms with Gasteiger partial charge in [-0.3, -0.25) is 4.79 Å². The third-order valence-corrected chi connectivity index (χ3v) is 3.15. The Morgan fingerprint density at radius 1 is 1.37 bits per heavy atom. The van der Waals surface area contributed by atoms with Gasteiger partial charge in [-0.15, -0.1) is 0 Å². The molecule has 0 fully saturated rings. The van der Waals surface area contributed by atoms with Gasteiger partial charge in [0.25, 0.3) is 0 Å². The quantitative estimate of drug-likeness (QED) is 0.574. The molecule has 2 rings (SSSR count). The maximum absolute atomic E-state index is 11.9. The molecule has 0 saturated heterocycles. The Bertz CT molecular complexity index is 489. The van der Waals surface area contributed by atoms with E-state index in [9.17, 15) is 9.59 Å². The van der Waals surface area contributed by atoms with Crippen LogP contribution in [0.4, 0.5) is 0 Å². The number of hydrogen-bond donors (Lipinski definition) is 4. The Hall–Kier alpha value is -1.92. The molecule has 1 aliphatic heterocycles. The molecule has 0 unspecified atom stereocenters. The van der Waals surface area contributed by atoms with Crippen molar-refractivity contribution in [1.82, 2.24) is 10.6 Å². The molecule has 1 aliphatic rings. The predicted molar refractivity (Wildman–Crippen MR) is 67.4 cm³/mol. The molecule has 0 saturated carbocycles. The van der Waals surface area contributed by atoms with E-state index in [2.05, 4.69) is 10.6 Å². The van der Waals surface area contributed by atoms with Gasteiger partial charge in [-0.25, -0.2) is 4.79 Å². The molecule has 0 aliphatic carbocycles. The van der Waals surface area contributed by atoms with Gasteiger partial charge in [0.1, 0.15) is 0 Å². The van der Waals surface area contributed by atoms with Gasteiger partial charge in [0.05, 0.1) is 12.6 Å². The number of nitrogens with one attached hydrogen (secondary N) is 2. The molecular formula is C13H16N2O4. The number of aliphatic hydroxyl groups is 1. The second-order valence-electron chi connectivity index (χ2n) is 4.51. The van der Waals surface area contributed by atoms with Gasteiger partial charge < -0.3 is 20.8 Å². The van der Waals surface area contributed by atoms with Crippen LogP contribution in [0.2, 0.25) is 0 Å². The summed E-state index contributed by atoms with van der Waals surface area (Å²) in [5.41, 5.74) is 2.28. The molecule has 1 amide bonds. The molecule has 6 nitrogen and oxygen atoms in total. The van der Waals surface area contributed by atoms with Crippen LogP contribution in [0.1, 0.15) is 11.1 Å². The number of fused-ring (bicyclic) bond motifs is 1. The van der Waals surface area contributed by atoms with Crippen molar-refractivity contribution in [3.05, 3.63) is 35.4 Å². The molecule has 1 heterocycles. The van der Waals surface area contributed by atoms with Crippen LogP contribution in [0.3, 0.4) is 0 Å². The maximum Gasteiger partial charge on any atom is 0.334 e. The predicted octanol–water partition coefficient (Wildman–Crippen LogP) is -0.737. The minimum Gasteiger partial charge on any atom is -0.479 e. The van der Waals surface area contributed by atoms with Gasteiger partial charge in [0.15, 0.2) is 6.10 Å². The van der Waals surface area contributed by atoms with Crippen LogP contribution in [0.25, 0.3) is 0 Å². The summed E-state index contributed by atoms with van der Waals surface area (Å²) in [5, 5.41) is 23.1. The molecule has 0 aromatic heterocycles. The third-order valence-electron chi connectivity index (χ3n) is 3.15. The fourth-order valence-corrected chi connectivity index (χ4v) is 2.05. The first kappa shape index (κ1) is 13.5. The Morgan fingerprint density at radius 2 is 2.05 bits per heavy atom. The van der Waals surface area contributed by atoms with Gasteiger partial charge in [0.2, 0.25) is 5.91 Å². The number of carboxylic acid groups (broad SMARTS) is 1. The molecule has 19 heavy (non-hydrogen) atoms. The van der Waals surface area contributed by atoms with Crippen molar-refractivity contribution in [3.8, 4) is 0 Å². The summed E-state index contributed by atoms with van der Waals surface area (Å²) in [4.78, 5) is 22.3. The Morgan fingerprint density at radius 3 is 2.74 bits per heavy atom. The van der Waals surface area contributed by atoms with E-state index in [0.717, 1.165) is 11.1 Å². The van der Waals surface area contributed by atoms with E-state index in [1.165, 1.54) is 0 Å². The van der Waals surface area contributed by atoms with Crippen LogP contribution in [0.15, 0.2) is 24.3 Å². The van der Waals surface area contributed by atoms with E-state index in [1.807, 2.05) is 24.3 Å². The van der Waals surface area contributed by atoms with Crippen molar-refractivity contribution in [1.29, 1.82) is 0 Å². The average Bonchev–Trinajstić information content (AvgIpc) is 2.43. The fraction of sp³-hybridized carbons (Fsp3) is 0.385. The fourth-order valence-electron chi connectivity index (χ4n) is 2.05. The normalized spacial score (nSPS) is 19.3. The van der Waals surface area contributed by atoms with Crippen LogP contribution >= 0.6 is 0 Å². The van der Waals surface area contributed by atoms with Crippen LogP contribution in [0, 0.1) is 0 Å². The summed E-state index contributed by atoms with van der Waals surface area (Å²) in [6, 6.07) is 7.46. The number of aliphatic carboxylic acids is 1. The van der Waals surface area contributed by atoms with E-state index >= 15 is 0 Å². The number of aliphatic hydroxyl groups excluding tert-OH is 1. The molecule has 4 N–H and O–H groups in total. The Kier molecular flexibility index (Phi) is 4.13. The highest BCUT2D eigenvalue weighted by Gasteiger charge is 2.24. The van der Waals surface area contributed by atoms with Gasteiger partial charge in [0, 0.05) is 6.54 Å². The molecule has 6 heteroatoms. The van der Waals surface area contributed by atoms with Gasteiger partial charge in [-0.05, 0) is 17.5 Å². The van der Waals surface area contributed by atoms with Crippen LogP contribution < -0.4 is 10.6 Å². The number of hydrogen-bond acceptors (Lipinski definition) is 4. The summed E-state index contributed by atoms with van der Waals surface area (Å²) >= 11 is 0.